The Bertz CT molecular complexity index is 930. The summed E-state index contributed by atoms with van der Waals surface area (Å²) in [5.41, 5.74) is 2.81. The Hall–Kier alpha value is -2.93. The van der Waals surface area contributed by atoms with Gasteiger partial charge in [0.2, 0.25) is 0 Å². The molecule has 0 N–H and O–H groups in total. The summed E-state index contributed by atoms with van der Waals surface area (Å²) in [7, 11) is 0. The number of non-ortho nitro benzene ring substituents is 1. The molecule has 27 heavy (non-hydrogen) atoms. The second-order valence-corrected chi connectivity index (χ2v) is 7.36. The molecule has 0 radical (unpaired) electrons. The van der Waals surface area contributed by atoms with Crippen molar-refractivity contribution in [3.8, 4) is 0 Å². The molecule has 0 aromatic heterocycles. The minimum absolute atomic E-state index is 0.0877. The minimum Gasteiger partial charge on any atom is -0.349 e. The Balaban J connectivity index is 1.70. The highest BCUT2D eigenvalue weighted by atomic mass is 32.2. The van der Waals surface area contributed by atoms with Crippen LogP contribution in [0, 0.1) is 10.1 Å². The first kappa shape index (κ1) is 17.5. The zero-order chi connectivity index (χ0) is 18.6. The summed E-state index contributed by atoms with van der Waals surface area (Å²) in [6.45, 7) is 2.01. The predicted octanol–water partition coefficient (Wildman–Crippen LogP) is 4.54. The third-order valence-corrected chi connectivity index (χ3v) is 5.55. The van der Waals surface area contributed by atoms with Crippen LogP contribution >= 0.6 is 11.8 Å². The van der Waals surface area contributed by atoms with Crippen LogP contribution < -0.4 is 0 Å². The van der Waals surface area contributed by atoms with Gasteiger partial charge < -0.3 is 4.90 Å². The van der Waals surface area contributed by atoms with Crippen LogP contribution in [0.5, 0.6) is 0 Å². The van der Waals surface area contributed by atoms with Crippen molar-refractivity contribution < 1.29 is 4.92 Å². The first-order valence-electron chi connectivity index (χ1n) is 8.81. The van der Waals surface area contributed by atoms with E-state index in [-0.39, 0.29) is 10.6 Å². The van der Waals surface area contributed by atoms with Crippen LogP contribution in [0.25, 0.3) is 6.08 Å². The summed E-state index contributed by atoms with van der Waals surface area (Å²) in [6, 6.07) is 16.5. The van der Waals surface area contributed by atoms with Gasteiger partial charge >= 0.3 is 0 Å². The second kappa shape index (κ2) is 7.75. The van der Waals surface area contributed by atoms with Gasteiger partial charge in [0, 0.05) is 35.7 Å². The van der Waals surface area contributed by atoms with Gasteiger partial charge in [0.15, 0.2) is 5.17 Å². The SMILES string of the molecule is O=[N+]([O-])c1ccc(/C=C2/SC(N3CCCC3)=NN=C2c2ccccc2)cc1. The van der Waals surface area contributed by atoms with E-state index in [1.54, 1.807) is 23.9 Å². The third kappa shape index (κ3) is 3.93. The summed E-state index contributed by atoms with van der Waals surface area (Å²) in [5, 5.41) is 20.8. The summed E-state index contributed by atoms with van der Waals surface area (Å²) < 4.78 is 0. The van der Waals surface area contributed by atoms with E-state index >= 15 is 0 Å². The number of thioether (sulfide) groups is 1. The zero-order valence-electron chi connectivity index (χ0n) is 14.6. The Morgan fingerprint density at radius 2 is 1.70 bits per heavy atom. The lowest BCUT2D eigenvalue weighted by atomic mass is 10.1. The number of rotatable bonds is 3. The fraction of sp³-hybridized carbons (Fsp3) is 0.200. The fourth-order valence-corrected chi connectivity index (χ4v) is 4.12. The van der Waals surface area contributed by atoms with Crippen molar-refractivity contribution in [2.24, 2.45) is 10.2 Å². The molecule has 0 spiro atoms. The first-order chi connectivity index (χ1) is 13.2. The van der Waals surface area contributed by atoms with Gasteiger partial charge in [-0.25, -0.2) is 0 Å². The van der Waals surface area contributed by atoms with Crippen molar-refractivity contribution in [2.45, 2.75) is 12.8 Å². The van der Waals surface area contributed by atoms with E-state index in [9.17, 15) is 10.1 Å². The van der Waals surface area contributed by atoms with Gasteiger partial charge in [-0.05, 0) is 48.4 Å². The van der Waals surface area contributed by atoms with Crippen LogP contribution in [0.15, 0.2) is 69.7 Å². The lowest BCUT2D eigenvalue weighted by Gasteiger charge is -2.23. The van der Waals surface area contributed by atoms with Crippen LogP contribution in [0.2, 0.25) is 0 Å². The molecule has 2 aromatic carbocycles. The molecule has 7 heteroatoms. The molecule has 0 atom stereocenters. The van der Waals surface area contributed by atoms with E-state index in [1.807, 2.05) is 36.4 Å². The van der Waals surface area contributed by atoms with Crippen LogP contribution in [0.1, 0.15) is 24.0 Å². The van der Waals surface area contributed by atoms with E-state index in [1.165, 1.54) is 25.0 Å². The summed E-state index contributed by atoms with van der Waals surface area (Å²) >= 11 is 1.61. The lowest BCUT2D eigenvalue weighted by molar-refractivity contribution is -0.384. The Morgan fingerprint density at radius 3 is 2.37 bits per heavy atom. The standard InChI is InChI=1S/C20H18N4O2S/c25-24(26)17-10-8-15(9-11-17)14-18-19(16-6-2-1-3-7-16)21-22-20(27-18)23-12-4-5-13-23/h1-3,6-11,14H,4-5,12-13H2/b18-14+. The third-order valence-electron chi connectivity index (χ3n) is 4.50. The number of benzene rings is 2. The van der Waals surface area contributed by atoms with Gasteiger partial charge in [0.1, 0.15) is 5.71 Å². The summed E-state index contributed by atoms with van der Waals surface area (Å²) in [6.07, 6.45) is 4.37. The molecule has 0 aliphatic carbocycles. The summed E-state index contributed by atoms with van der Waals surface area (Å²) in [5.74, 6) is 0. The molecule has 1 fully saturated rings. The maximum Gasteiger partial charge on any atom is 0.269 e. The van der Waals surface area contributed by atoms with Gasteiger partial charge in [-0.1, -0.05) is 30.3 Å². The smallest absolute Gasteiger partial charge is 0.269 e. The van der Waals surface area contributed by atoms with Gasteiger partial charge in [0.25, 0.3) is 5.69 Å². The van der Waals surface area contributed by atoms with E-state index in [0.717, 1.165) is 40.0 Å². The van der Waals surface area contributed by atoms with Crippen LogP contribution in [-0.4, -0.2) is 33.8 Å². The molecule has 4 rings (SSSR count). The van der Waals surface area contributed by atoms with E-state index < -0.39 is 0 Å². The molecular formula is C20H18N4O2S. The average Bonchev–Trinajstić information content (AvgIpc) is 3.24. The fourth-order valence-electron chi connectivity index (χ4n) is 3.08. The van der Waals surface area contributed by atoms with E-state index in [4.69, 9.17) is 0 Å². The average molecular weight is 378 g/mol. The molecule has 2 aromatic rings. The number of nitro groups is 1. The van der Waals surface area contributed by atoms with E-state index in [0.29, 0.717) is 0 Å². The molecule has 0 saturated carbocycles. The van der Waals surface area contributed by atoms with Gasteiger partial charge in [-0.15, -0.1) is 10.2 Å². The van der Waals surface area contributed by atoms with Crippen molar-refractivity contribution in [1.82, 2.24) is 4.90 Å². The van der Waals surface area contributed by atoms with Crippen molar-refractivity contribution >= 4 is 34.4 Å². The number of likely N-dealkylation sites (tertiary alicyclic amines) is 1. The Kier molecular flexibility index (Phi) is 5.02. The molecule has 0 bridgehead atoms. The highest BCUT2D eigenvalue weighted by Crippen LogP contribution is 2.32. The number of amidine groups is 1. The normalized spacial score (nSPS) is 18.4. The predicted molar refractivity (Wildman–Crippen MR) is 110 cm³/mol. The van der Waals surface area contributed by atoms with E-state index in [2.05, 4.69) is 15.1 Å². The highest BCUT2D eigenvalue weighted by Gasteiger charge is 2.24. The lowest BCUT2D eigenvalue weighted by Crippen LogP contribution is -2.27. The van der Waals surface area contributed by atoms with Crippen LogP contribution in [0.4, 0.5) is 5.69 Å². The molecule has 0 amide bonds. The molecule has 6 nitrogen and oxygen atoms in total. The largest absolute Gasteiger partial charge is 0.349 e. The maximum absolute atomic E-state index is 10.9. The maximum atomic E-state index is 10.9. The Labute approximate surface area is 161 Å². The molecular weight excluding hydrogens is 360 g/mol. The minimum atomic E-state index is -0.388. The number of nitro benzene ring substituents is 1. The number of hydrogen-bond acceptors (Lipinski definition) is 6. The van der Waals surface area contributed by atoms with Crippen molar-refractivity contribution in [2.75, 3.05) is 13.1 Å². The quantitative estimate of drug-likeness (QED) is 0.581. The van der Waals surface area contributed by atoms with Crippen LogP contribution in [-0.2, 0) is 0 Å². The second-order valence-electron chi connectivity index (χ2n) is 6.35. The summed E-state index contributed by atoms with van der Waals surface area (Å²) in [4.78, 5) is 13.7. The molecule has 2 aliphatic rings. The number of allylic oxidation sites excluding steroid dienone is 1. The highest BCUT2D eigenvalue weighted by molar-refractivity contribution is 8.18. The van der Waals surface area contributed by atoms with Crippen molar-refractivity contribution in [1.29, 1.82) is 0 Å². The monoisotopic (exact) mass is 378 g/mol. The zero-order valence-corrected chi connectivity index (χ0v) is 15.4. The van der Waals surface area contributed by atoms with Crippen molar-refractivity contribution in [3.63, 3.8) is 0 Å². The molecule has 2 heterocycles. The molecule has 1 saturated heterocycles. The van der Waals surface area contributed by atoms with Gasteiger partial charge in [-0.2, -0.15) is 0 Å². The van der Waals surface area contributed by atoms with Gasteiger partial charge in [-0.3, -0.25) is 10.1 Å². The van der Waals surface area contributed by atoms with Crippen LogP contribution in [0.3, 0.4) is 0 Å². The topological polar surface area (TPSA) is 71.1 Å². The molecule has 2 aliphatic heterocycles. The van der Waals surface area contributed by atoms with Gasteiger partial charge in [0.05, 0.1) is 4.92 Å². The Morgan fingerprint density at radius 1 is 1.00 bits per heavy atom. The number of hydrogen-bond donors (Lipinski definition) is 0. The number of nitrogens with zero attached hydrogens (tertiary/aromatic N) is 4. The van der Waals surface area contributed by atoms with Crippen molar-refractivity contribution in [3.05, 3.63) is 80.7 Å². The molecule has 0 unspecified atom stereocenters. The first-order valence-corrected chi connectivity index (χ1v) is 9.63. The molecule has 136 valence electrons.